The van der Waals surface area contributed by atoms with Crippen LogP contribution in [0.1, 0.15) is 44.5 Å². The summed E-state index contributed by atoms with van der Waals surface area (Å²) in [7, 11) is 0. The molecule has 0 aliphatic rings. The first kappa shape index (κ1) is 49.0. The predicted molar refractivity (Wildman–Crippen MR) is 269 cm³/mol. The summed E-state index contributed by atoms with van der Waals surface area (Å²) in [4.78, 5) is 0. The average molecular weight is 911 g/mol. The Balaban J connectivity index is 0.000000176. The van der Waals surface area contributed by atoms with Crippen molar-refractivity contribution in [2.24, 2.45) is 17.2 Å². The monoisotopic (exact) mass is 909 g/mol. The van der Waals surface area contributed by atoms with Crippen molar-refractivity contribution in [1.29, 1.82) is 10.5 Å². The lowest BCUT2D eigenvalue weighted by atomic mass is 10.0. The summed E-state index contributed by atoms with van der Waals surface area (Å²) >= 11 is 8.92. The Hall–Kier alpha value is -6.61. The van der Waals surface area contributed by atoms with E-state index in [4.69, 9.17) is 39.3 Å². The van der Waals surface area contributed by atoms with E-state index in [1.54, 1.807) is 24.3 Å². The highest BCUT2D eigenvalue weighted by molar-refractivity contribution is 9.10. The second-order valence-corrected chi connectivity index (χ2v) is 15.9. The Morgan fingerprint density at radius 3 is 1.06 bits per heavy atom. The number of benzene rings is 8. The molecule has 0 aliphatic carbocycles. The minimum atomic E-state index is 0.597. The number of aryl methyl sites for hydroxylation is 3. The summed E-state index contributed by atoms with van der Waals surface area (Å²) in [5.74, 6) is 0. The van der Waals surface area contributed by atoms with Crippen molar-refractivity contribution < 1.29 is 0 Å². The highest BCUT2D eigenvalue weighted by Crippen LogP contribution is 2.23. The molecule has 8 aromatic rings. The van der Waals surface area contributed by atoms with Crippen molar-refractivity contribution in [2.45, 2.75) is 40.4 Å². The van der Waals surface area contributed by atoms with Crippen LogP contribution in [-0.2, 0) is 19.6 Å². The average Bonchev–Trinajstić information content (AvgIpc) is 3.33. The maximum atomic E-state index is 8.80. The molecule has 0 atom stereocenters. The molecule has 8 rings (SSSR count). The number of nitrogens with zero attached hydrogens (tertiary/aromatic N) is 2. The van der Waals surface area contributed by atoms with Gasteiger partial charge in [0.1, 0.15) is 0 Å². The molecule has 0 fully saturated rings. The second-order valence-electron chi connectivity index (χ2n) is 14.6. The zero-order chi connectivity index (χ0) is 45.4. The van der Waals surface area contributed by atoms with E-state index < -0.39 is 0 Å². The van der Waals surface area contributed by atoms with E-state index >= 15 is 0 Å². The predicted octanol–water partition coefficient (Wildman–Crippen LogP) is 13.9. The molecule has 0 saturated heterocycles. The van der Waals surface area contributed by atoms with Crippen LogP contribution in [0, 0.1) is 43.4 Å². The molecular formula is C56H53BrClN5. The van der Waals surface area contributed by atoms with Crippen LogP contribution in [0.2, 0.25) is 5.02 Å². The van der Waals surface area contributed by atoms with Gasteiger partial charge in [-0.15, -0.1) is 0 Å². The minimum absolute atomic E-state index is 0.597. The fraction of sp³-hybridized carbons (Fsp3) is 0.107. The van der Waals surface area contributed by atoms with Crippen LogP contribution in [-0.4, -0.2) is 0 Å². The normalized spacial score (nSPS) is 9.75. The van der Waals surface area contributed by atoms with Crippen LogP contribution in [0.25, 0.3) is 33.4 Å². The van der Waals surface area contributed by atoms with Crippen LogP contribution in [0.15, 0.2) is 199 Å². The van der Waals surface area contributed by atoms with Crippen molar-refractivity contribution in [1.82, 2.24) is 0 Å². The zero-order valence-corrected chi connectivity index (χ0v) is 38.3. The Morgan fingerprint density at radius 1 is 0.397 bits per heavy atom. The molecule has 0 spiro atoms. The van der Waals surface area contributed by atoms with Gasteiger partial charge in [-0.3, -0.25) is 0 Å². The van der Waals surface area contributed by atoms with Crippen LogP contribution < -0.4 is 17.2 Å². The quantitative estimate of drug-likeness (QED) is 0.153. The largest absolute Gasteiger partial charge is 0.326 e. The maximum Gasteiger partial charge on any atom is 0.0992 e. The number of halogens is 2. The SMILES string of the molecule is Cc1ccc(-c2cccc(C#N)c2)cc1.Cc1ccc(-c2cccc(CN)c2)cc1.Cc1ccc(-c2cccc(CN)c2)cc1.N#Cc1cccc(Cl)c1.NCc1cccc(Br)c1. The first-order chi connectivity index (χ1) is 30.5. The number of nitriles is 2. The van der Waals surface area contributed by atoms with E-state index in [1.165, 1.54) is 50.1 Å². The summed E-state index contributed by atoms with van der Waals surface area (Å²) in [6, 6.07) is 68.7. The fourth-order valence-electron chi connectivity index (χ4n) is 5.98. The van der Waals surface area contributed by atoms with Gasteiger partial charge in [0.05, 0.1) is 23.3 Å². The zero-order valence-electron chi connectivity index (χ0n) is 36.0. The lowest BCUT2D eigenvalue weighted by molar-refractivity contribution is 1.07. The summed E-state index contributed by atoms with van der Waals surface area (Å²) in [5, 5.41) is 17.8. The maximum absolute atomic E-state index is 8.80. The van der Waals surface area contributed by atoms with Gasteiger partial charge in [0.2, 0.25) is 0 Å². The molecule has 316 valence electrons. The number of rotatable bonds is 6. The third-order valence-corrected chi connectivity index (χ3v) is 10.3. The molecule has 5 nitrogen and oxygen atoms in total. The van der Waals surface area contributed by atoms with Gasteiger partial charge in [0.15, 0.2) is 0 Å². The van der Waals surface area contributed by atoms with Crippen molar-refractivity contribution in [3.63, 3.8) is 0 Å². The van der Waals surface area contributed by atoms with Gasteiger partial charge in [0.25, 0.3) is 0 Å². The highest BCUT2D eigenvalue weighted by atomic mass is 79.9. The van der Waals surface area contributed by atoms with Crippen LogP contribution in [0.3, 0.4) is 0 Å². The molecule has 63 heavy (non-hydrogen) atoms. The third-order valence-electron chi connectivity index (χ3n) is 9.55. The Labute approximate surface area is 387 Å². The Kier molecular flexibility index (Phi) is 20.8. The topological polar surface area (TPSA) is 126 Å². The van der Waals surface area contributed by atoms with Gasteiger partial charge >= 0.3 is 0 Å². The third kappa shape index (κ3) is 17.4. The molecule has 0 amide bonds. The smallest absolute Gasteiger partial charge is 0.0992 e. The molecule has 0 bridgehead atoms. The van der Waals surface area contributed by atoms with E-state index in [9.17, 15) is 0 Å². The Morgan fingerprint density at radius 2 is 0.730 bits per heavy atom. The van der Waals surface area contributed by atoms with Crippen molar-refractivity contribution in [2.75, 3.05) is 0 Å². The molecule has 0 saturated carbocycles. The Bertz CT molecular complexity index is 2610. The van der Waals surface area contributed by atoms with Gasteiger partial charge in [-0.1, -0.05) is 184 Å². The van der Waals surface area contributed by atoms with Gasteiger partial charge in [0, 0.05) is 29.1 Å². The number of hydrogen-bond acceptors (Lipinski definition) is 5. The van der Waals surface area contributed by atoms with Gasteiger partial charge in [-0.2, -0.15) is 10.5 Å². The van der Waals surface area contributed by atoms with E-state index in [0.717, 1.165) is 21.2 Å². The summed E-state index contributed by atoms with van der Waals surface area (Å²) in [6.07, 6.45) is 0. The molecule has 0 radical (unpaired) electrons. The van der Waals surface area contributed by atoms with E-state index in [1.807, 2.05) is 54.6 Å². The summed E-state index contributed by atoms with van der Waals surface area (Å²) in [6.45, 7) is 8.06. The van der Waals surface area contributed by atoms with Crippen LogP contribution >= 0.6 is 27.5 Å². The summed E-state index contributed by atoms with van der Waals surface area (Å²) in [5.41, 5.74) is 32.5. The molecule has 0 aromatic heterocycles. The molecule has 6 N–H and O–H groups in total. The number of nitrogens with two attached hydrogens (primary N) is 3. The van der Waals surface area contributed by atoms with E-state index in [2.05, 4.69) is 164 Å². The fourth-order valence-corrected chi connectivity index (χ4v) is 6.62. The number of hydrogen-bond donors (Lipinski definition) is 3. The van der Waals surface area contributed by atoms with Crippen molar-refractivity contribution in [3.05, 3.63) is 248 Å². The van der Waals surface area contributed by atoms with Gasteiger partial charge < -0.3 is 17.2 Å². The molecule has 0 aliphatic heterocycles. The lowest BCUT2D eigenvalue weighted by Gasteiger charge is -2.04. The lowest BCUT2D eigenvalue weighted by Crippen LogP contribution is -1.95. The molecule has 8 aromatic carbocycles. The molecular weight excluding hydrogens is 858 g/mol. The van der Waals surface area contributed by atoms with Crippen LogP contribution in [0.5, 0.6) is 0 Å². The highest BCUT2D eigenvalue weighted by Gasteiger charge is 2.00. The first-order valence-corrected chi connectivity index (χ1v) is 21.6. The van der Waals surface area contributed by atoms with Gasteiger partial charge in [-0.25, -0.2) is 0 Å². The van der Waals surface area contributed by atoms with Crippen molar-refractivity contribution in [3.8, 4) is 45.5 Å². The first-order valence-electron chi connectivity index (χ1n) is 20.4. The molecule has 7 heteroatoms. The van der Waals surface area contributed by atoms with E-state index in [0.29, 0.717) is 35.8 Å². The van der Waals surface area contributed by atoms with Crippen LogP contribution in [0.4, 0.5) is 0 Å². The minimum Gasteiger partial charge on any atom is -0.326 e. The second kappa shape index (κ2) is 26.7. The van der Waals surface area contributed by atoms with E-state index in [-0.39, 0.29) is 0 Å². The van der Waals surface area contributed by atoms with Crippen molar-refractivity contribution >= 4 is 27.5 Å². The molecule has 0 unspecified atom stereocenters. The molecule has 0 heterocycles. The van der Waals surface area contributed by atoms with Gasteiger partial charge in [-0.05, 0) is 125 Å². The standard InChI is InChI=1S/2C14H15N.C14H11N.C7H8BrN.C7H4ClN/c3*1-11-5-7-13(8-6-11)14-4-2-3-12(9-14)10-15;2*8-7-3-1-2-6(4-7)5-9/h2*2-9H,10,15H2,1H3;2-9H,1H3;1-4H,5,9H2;1-4H. The summed E-state index contributed by atoms with van der Waals surface area (Å²) < 4.78 is 1.09.